The second kappa shape index (κ2) is 18.7. The Morgan fingerprint density at radius 2 is 1.39 bits per heavy atom. The number of hydrogen-bond acceptors (Lipinski definition) is 8. The highest BCUT2D eigenvalue weighted by atomic mass is 16.4. The van der Waals surface area contributed by atoms with Crippen LogP contribution in [0.25, 0.3) is 0 Å². The number of hydrogen-bond donors (Lipinski definition) is 9. The van der Waals surface area contributed by atoms with Crippen molar-refractivity contribution in [1.29, 1.82) is 0 Å². The Labute approximate surface area is 223 Å². The van der Waals surface area contributed by atoms with Crippen LogP contribution in [0.15, 0.2) is 4.99 Å². The van der Waals surface area contributed by atoms with Crippen molar-refractivity contribution in [3.05, 3.63) is 0 Å². The number of carboxylic acids is 1. The molecule has 15 nitrogen and oxygen atoms in total. The molecule has 15 heteroatoms. The lowest BCUT2D eigenvalue weighted by atomic mass is 9.98. The van der Waals surface area contributed by atoms with Gasteiger partial charge in [-0.3, -0.25) is 24.2 Å². The smallest absolute Gasteiger partial charge is 0.326 e. The summed E-state index contributed by atoms with van der Waals surface area (Å²) < 4.78 is 0. The van der Waals surface area contributed by atoms with Gasteiger partial charge in [-0.2, -0.15) is 0 Å². The lowest BCUT2D eigenvalue weighted by Crippen LogP contribution is -2.57. The summed E-state index contributed by atoms with van der Waals surface area (Å²) in [7, 11) is 0. The third kappa shape index (κ3) is 14.3. The van der Waals surface area contributed by atoms with Crippen LogP contribution in [0.5, 0.6) is 0 Å². The van der Waals surface area contributed by atoms with E-state index in [1.807, 2.05) is 0 Å². The molecule has 0 saturated carbocycles. The van der Waals surface area contributed by atoms with Crippen LogP contribution in [-0.4, -0.2) is 77.9 Å². The Morgan fingerprint density at radius 3 is 1.89 bits per heavy atom. The van der Waals surface area contributed by atoms with Gasteiger partial charge >= 0.3 is 5.97 Å². The number of nitrogens with two attached hydrogens (primary N) is 5. The molecule has 5 unspecified atom stereocenters. The summed E-state index contributed by atoms with van der Waals surface area (Å²) in [6.45, 7) is 4.05. The number of aliphatic imine (C=N–C) groups is 1. The van der Waals surface area contributed by atoms with Crippen molar-refractivity contribution in [2.75, 3.05) is 13.1 Å². The number of guanidine groups is 1. The topological polar surface area (TPSA) is 284 Å². The summed E-state index contributed by atoms with van der Waals surface area (Å²) in [5, 5.41) is 17.2. The molecule has 0 bridgehead atoms. The van der Waals surface area contributed by atoms with E-state index in [1.54, 1.807) is 13.8 Å². The van der Waals surface area contributed by atoms with Gasteiger partial charge in [-0.25, -0.2) is 4.79 Å². The molecule has 0 fully saturated rings. The largest absolute Gasteiger partial charge is 0.480 e. The molecule has 218 valence electrons. The molecule has 0 spiro atoms. The Morgan fingerprint density at radius 1 is 0.842 bits per heavy atom. The third-order valence-electron chi connectivity index (χ3n) is 5.97. The molecule has 0 aromatic rings. The number of aliphatic carboxylic acids is 1. The van der Waals surface area contributed by atoms with Gasteiger partial charge in [0.25, 0.3) is 0 Å². The second-order valence-electron chi connectivity index (χ2n) is 9.18. The fourth-order valence-corrected chi connectivity index (χ4v) is 3.45. The van der Waals surface area contributed by atoms with Crippen molar-refractivity contribution in [1.82, 2.24) is 16.0 Å². The Balaban J connectivity index is 5.68. The van der Waals surface area contributed by atoms with Crippen LogP contribution < -0.4 is 44.6 Å². The second-order valence-corrected chi connectivity index (χ2v) is 9.18. The number of carbonyl (C=O) groups excluding carboxylic acids is 4. The van der Waals surface area contributed by atoms with E-state index in [-0.39, 0.29) is 44.1 Å². The number of carbonyl (C=O) groups is 5. The number of carboxylic acid groups (broad SMARTS) is 1. The third-order valence-corrected chi connectivity index (χ3v) is 5.97. The van der Waals surface area contributed by atoms with E-state index in [0.717, 1.165) is 0 Å². The van der Waals surface area contributed by atoms with Gasteiger partial charge in [0.2, 0.25) is 23.6 Å². The molecule has 0 aromatic heterocycles. The minimum atomic E-state index is -1.20. The van der Waals surface area contributed by atoms with Crippen LogP contribution in [0.4, 0.5) is 0 Å². The zero-order valence-corrected chi connectivity index (χ0v) is 22.3. The fraction of sp³-hybridized carbons (Fsp3) is 0.739. The van der Waals surface area contributed by atoms with E-state index in [2.05, 4.69) is 20.9 Å². The van der Waals surface area contributed by atoms with Gasteiger partial charge in [-0.15, -0.1) is 0 Å². The first-order valence-corrected chi connectivity index (χ1v) is 12.8. The molecule has 0 rings (SSSR count). The van der Waals surface area contributed by atoms with Crippen molar-refractivity contribution in [2.45, 2.75) is 89.4 Å². The number of primary amides is 1. The predicted molar refractivity (Wildman–Crippen MR) is 142 cm³/mol. The van der Waals surface area contributed by atoms with Crippen LogP contribution in [0, 0.1) is 5.92 Å². The zero-order valence-electron chi connectivity index (χ0n) is 22.3. The normalized spacial score (nSPS) is 14.7. The molecular formula is C23H45N9O6. The van der Waals surface area contributed by atoms with E-state index in [0.29, 0.717) is 32.2 Å². The van der Waals surface area contributed by atoms with E-state index in [9.17, 15) is 29.1 Å². The SMILES string of the molecule is CCC(C)C(NC(=O)C(CCCN=C(N)N)NC(=O)C(CCCCN)NC(=O)C(N)CCC(N)=O)C(=O)O. The van der Waals surface area contributed by atoms with Crippen LogP contribution in [0.1, 0.15) is 65.2 Å². The quantitative estimate of drug-likeness (QED) is 0.0436. The first-order chi connectivity index (χ1) is 17.8. The molecule has 38 heavy (non-hydrogen) atoms. The summed E-state index contributed by atoms with van der Waals surface area (Å²) in [5.74, 6) is -4.31. The molecule has 0 aromatic carbocycles. The van der Waals surface area contributed by atoms with E-state index < -0.39 is 53.8 Å². The molecular weight excluding hydrogens is 498 g/mol. The van der Waals surface area contributed by atoms with Gasteiger partial charge in [0.15, 0.2) is 5.96 Å². The monoisotopic (exact) mass is 543 g/mol. The summed E-state index contributed by atoms with van der Waals surface area (Å²) in [4.78, 5) is 65.4. The zero-order chi connectivity index (χ0) is 29.3. The van der Waals surface area contributed by atoms with Crippen LogP contribution in [0.2, 0.25) is 0 Å². The van der Waals surface area contributed by atoms with Gasteiger partial charge in [-0.05, 0) is 51.0 Å². The number of unbranched alkanes of at least 4 members (excludes halogenated alkanes) is 1. The molecule has 5 atom stereocenters. The van der Waals surface area contributed by atoms with E-state index >= 15 is 0 Å². The van der Waals surface area contributed by atoms with Crippen molar-refractivity contribution in [3.8, 4) is 0 Å². The molecule has 14 N–H and O–H groups in total. The maximum Gasteiger partial charge on any atom is 0.326 e. The standard InChI is InChI=1S/C23H45N9O6/c1-3-13(2)18(22(37)38)32-21(36)16(8-6-12-29-23(27)28)31-20(35)15(7-4-5-11-24)30-19(34)14(25)9-10-17(26)33/h13-16,18H,3-12,24-25H2,1-2H3,(H2,26,33)(H,30,34)(H,31,35)(H,32,36)(H,37,38)(H4,27,28,29). The fourth-order valence-electron chi connectivity index (χ4n) is 3.45. The van der Waals surface area contributed by atoms with Gasteiger partial charge in [0.1, 0.15) is 18.1 Å². The van der Waals surface area contributed by atoms with Crippen LogP contribution >= 0.6 is 0 Å². The molecule has 0 aliphatic heterocycles. The van der Waals surface area contributed by atoms with Crippen LogP contribution in [0.3, 0.4) is 0 Å². The molecule has 0 saturated heterocycles. The Kier molecular flexibility index (Phi) is 17.0. The van der Waals surface area contributed by atoms with Crippen LogP contribution in [-0.2, 0) is 24.0 Å². The maximum absolute atomic E-state index is 13.2. The maximum atomic E-state index is 13.2. The minimum Gasteiger partial charge on any atom is -0.480 e. The minimum absolute atomic E-state index is 0.000316. The molecule has 0 aliphatic carbocycles. The van der Waals surface area contributed by atoms with Gasteiger partial charge in [0.05, 0.1) is 6.04 Å². The number of rotatable bonds is 20. The molecule has 0 aliphatic rings. The number of nitrogens with one attached hydrogen (secondary N) is 3. The lowest BCUT2D eigenvalue weighted by Gasteiger charge is -2.26. The van der Waals surface area contributed by atoms with Crippen molar-refractivity contribution in [2.24, 2.45) is 39.6 Å². The highest BCUT2D eigenvalue weighted by molar-refractivity contribution is 5.94. The first kappa shape index (κ1) is 34.5. The Hall–Kier alpha value is -3.46. The van der Waals surface area contributed by atoms with Crippen molar-refractivity contribution in [3.63, 3.8) is 0 Å². The predicted octanol–water partition coefficient (Wildman–Crippen LogP) is -2.65. The first-order valence-electron chi connectivity index (χ1n) is 12.8. The van der Waals surface area contributed by atoms with Gasteiger partial charge in [-0.1, -0.05) is 20.3 Å². The summed E-state index contributed by atoms with van der Waals surface area (Å²) in [6, 6.07) is -4.41. The molecule has 4 amide bonds. The van der Waals surface area contributed by atoms with Crippen molar-refractivity contribution >= 4 is 35.6 Å². The molecule has 0 heterocycles. The lowest BCUT2D eigenvalue weighted by molar-refractivity contribution is -0.144. The number of nitrogens with zero attached hydrogens (tertiary/aromatic N) is 1. The van der Waals surface area contributed by atoms with Gasteiger partial charge in [0, 0.05) is 13.0 Å². The average molecular weight is 544 g/mol. The molecule has 0 radical (unpaired) electrons. The van der Waals surface area contributed by atoms with E-state index in [1.165, 1.54) is 0 Å². The van der Waals surface area contributed by atoms with Crippen molar-refractivity contribution < 1.29 is 29.1 Å². The summed E-state index contributed by atoms with van der Waals surface area (Å²) >= 11 is 0. The van der Waals surface area contributed by atoms with Gasteiger partial charge < -0.3 is 49.7 Å². The summed E-state index contributed by atoms with van der Waals surface area (Å²) in [6.07, 6.45) is 2.11. The average Bonchev–Trinajstić information content (AvgIpc) is 2.85. The highest BCUT2D eigenvalue weighted by Gasteiger charge is 2.31. The summed E-state index contributed by atoms with van der Waals surface area (Å²) in [5.41, 5.74) is 27.1. The van der Waals surface area contributed by atoms with E-state index in [4.69, 9.17) is 28.7 Å². The number of amides is 4. The highest BCUT2D eigenvalue weighted by Crippen LogP contribution is 2.10. The Bertz CT molecular complexity index is 819.